The van der Waals surface area contributed by atoms with Gasteiger partial charge in [0.05, 0.1) is 12.3 Å². The summed E-state index contributed by atoms with van der Waals surface area (Å²) in [5.74, 6) is -1.10. The third kappa shape index (κ3) is 3.39. The third-order valence-corrected chi connectivity index (χ3v) is 3.58. The summed E-state index contributed by atoms with van der Waals surface area (Å²) in [6.07, 6.45) is 4.65. The van der Waals surface area contributed by atoms with E-state index in [2.05, 4.69) is 5.32 Å². The largest absolute Gasteiger partial charge is 0.475 e. The number of hydrogen-bond donors (Lipinski definition) is 2. The number of aromatic carboxylic acids is 1. The normalized spacial score (nSPS) is 16.9. The van der Waals surface area contributed by atoms with E-state index in [-0.39, 0.29) is 17.7 Å². The second kappa shape index (κ2) is 6.56. The van der Waals surface area contributed by atoms with Crippen LogP contribution < -0.4 is 5.32 Å². The molecule has 0 bridgehead atoms. The fraction of sp³-hybridized carbons (Fsp3) is 0.571. The SMILES string of the molecule is CC(NCc1ccoc1C(=O)O)C(=O)N1CCCCC1. The van der Waals surface area contributed by atoms with Gasteiger partial charge in [0, 0.05) is 25.2 Å². The van der Waals surface area contributed by atoms with Crippen molar-refractivity contribution in [2.45, 2.75) is 38.8 Å². The lowest BCUT2D eigenvalue weighted by molar-refractivity contribution is -0.133. The van der Waals surface area contributed by atoms with Crippen molar-refractivity contribution in [2.75, 3.05) is 13.1 Å². The highest BCUT2D eigenvalue weighted by Gasteiger charge is 2.22. The zero-order valence-corrected chi connectivity index (χ0v) is 11.6. The van der Waals surface area contributed by atoms with Crippen molar-refractivity contribution in [3.8, 4) is 0 Å². The molecule has 6 heteroatoms. The maximum absolute atomic E-state index is 12.2. The highest BCUT2D eigenvalue weighted by atomic mass is 16.4. The third-order valence-electron chi connectivity index (χ3n) is 3.58. The van der Waals surface area contributed by atoms with Gasteiger partial charge in [0.2, 0.25) is 11.7 Å². The summed E-state index contributed by atoms with van der Waals surface area (Å²) >= 11 is 0. The van der Waals surface area contributed by atoms with Gasteiger partial charge in [-0.15, -0.1) is 0 Å². The van der Waals surface area contributed by atoms with Crippen LogP contribution in [0.4, 0.5) is 0 Å². The van der Waals surface area contributed by atoms with Crippen LogP contribution in [0.15, 0.2) is 16.7 Å². The Morgan fingerprint density at radius 2 is 2.10 bits per heavy atom. The van der Waals surface area contributed by atoms with Gasteiger partial charge >= 0.3 is 5.97 Å². The Balaban J connectivity index is 1.87. The van der Waals surface area contributed by atoms with E-state index in [1.165, 1.54) is 12.7 Å². The second-order valence-corrected chi connectivity index (χ2v) is 5.07. The smallest absolute Gasteiger partial charge is 0.372 e. The minimum Gasteiger partial charge on any atom is -0.475 e. The average molecular weight is 280 g/mol. The maximum Gasteiger partial charge on any atom is 0.372 e. The predicted molar refractivity (Wildman–Crippen MR) is 72.4 cm³/mol. The van der Waals surface area contributed by atoms with Crippen LogP contribution in [0, 0.1) is 0 Å². The van der Waals surface area contributed by atoms with Gasteiger partial charge in [-0.1, -0.05) is 0 Å². The number of rotatable bonds is 5. The van der Waals surface area contributed by atoms with Crippen LogP contribution in [0.2, 0.25) is 0 Å². The lowest BCUT2D eigenvalue weighted by Crippen LogP contribution is -2.46. The number of amides is 1. The zero-order chi connectivity index (χ0) is 14.5. The topological polar surface area (TPSA) is 82.8 Å². The van der Waals surface area contributed by atoms with Crippen molar-refractivity contribution in [1.29, 1.82) is 0 Å². The van der Waals surface area contributed by atoms with Crippen LogP contribution in [-0.4, -0.2) is 41.0 Å². The van der Waals surface area contributed by atoms with Gasteiger partial charge in [-0.3, -0.25) is 4.79 Å². The van der Waals surface area contributed by atoms with Crippen LogP contribution in [0.25, 0.3) is 0 Å². The Morgan fingerprint density at radius 1 is 1.40 bits per heavy atom. The van der Waals surface area contributed by atoms with E-state index >= 15 is 0 Å². The molecular weight excluding hydrogens is 260 g/mol. The van der Waals surface area contributed by atoms with Crippen LogP contribution >= 0.6 is 0 Å². The summed E-state index contributed by atoms with van der Waals surface area (Å²) in [7, 11) is 0. The lowest BCUT2D eigenvalue weighted by Gasteiger charge is -2.29. The molecule has 0 radical (unpaired) electrons. The molecule has 1 amide bonds. The summed E-state index contributed by atoms with van der Waals surface area (Å²) in [5.41, 5.74) is 0.552. The molecule has 0 spiro atoms. The monoisotopic (exact) mass is 280 g/mol. The van der Waals surface area contributed by atoms with Gasteiger partial charge in [0.15, 0.2) is 0 Å². The summed E-state index contributed by atoms with van der Waals surface area (Å²) in [6.45, 7) is 3.74. The van der Waals surface area contributed by atoms with Crippen LogP contribution in [0.3, 0.4) is 0 Å². The fourth-order valence-electron chi connectivity index (χ4n) is 2.40. The molecular formula is C14H20N2O4. The molecule has 1 fully saturated rings. The van der Waals surface area contributed by atoms with Crippen LogP contribution in [0.5, 0.6) is 0 Å². The summed E-state index contributed by atoms with van der Waals surface area (Å²) in [5, 5.41) is 12.0. The fourth-order valence-corrected chi connectivity index (χ4v) is 2.40. The first-order chi connectivity index (χ1) is 9.59. The molecule has 1 aliphatic heterocycles. The Labute approximate surface area is 117 Å². The molecule has 110 valence electrons. The van der Waals surface area contributed by atoms with E-state index in [1.807, 2.05) is 4.90 Å². The number of furan rings is 1. The number of nitrogens with one attached hydrogen (secondary N) is 1. The molecule has 2 heterocycles. The van der Waals surface area contributed by atoms with Gasteiger partial charge in [-0.2, -0.15) is 0 Å². The minimum atomic E-state index is -1.10. The van der Waals surface area contributed by atoms with Crippen molar-refractivity contribution in [3.63, 3.8) is 0 Å². The Hall–Kier alpha value is -1.82. The molecule has 1 unspecified atom stereocenters. The summed E-state index contributed by atoms with van der Waals surface area (Å²) in [6, 6.07) is 1.28. The number of piperidine rings is 1. The van der Waals surface area contributed by atoms with Gasteiger partial charge in [0.25, 0.3) is 0 Å². The van der Waals surface area contributed by atoms with Gasteiger partial charge in [-0.25, -0.2) is 4.79 Å². The maximum atomic E-state index is 12.2. The van der Waals surface area contributed by atoms with Crippen molar-refractivity contribution in [1.82, 2.24) is 10.2 Å². The van der Waals surface area contributed by atoms with Crippen molar-refractivity contribution >= 4 is 11.9 Å². The molecule has 0 aliphatic carbocycles. The summed E-state index contributed by atoms with van der Waals surface area (Å²) in [4.78, 5) is 25.0. The predicted octanol–water partition coefficient (Wildman–Crippen LogP) is 1.47. The van der Waals surface area contributed by atoms with Gasteiger partial charge in [0.1, 0.15) is 0 Å². The van der Waals surface area contributed by atoms with E-state index in [4.69, 9.17) is 9.52 Å². The summed E-state index contributed by atoms with van der Waals surface area (Å²) < 4.78 is 4.90. The van der Waals surface area contributed by atoms with Gasteiger partial charge in [-0.05, 0) is 32.3 Å². The zero-order valence-electron chi connectivity index (χ0n) is 11.6. The van der Waals surface area contributed by atoms with Crippen LogP contribution in [-0.2, 0) is 11.3 Å². The van der Waals surface area contributed by atoms with Crippen molar-refractivity contribution in [3.05, 3.63) is 23.7 Å². The molecule has 6 nitrogen and oxygen atoms in total. The Kier molecular flexibility index (Phi) is 4.79. The molecule has 1 aliphatic rings. The number of hydrogen-bond acceptors (Lipinski definition) is 4. The molecule has 0 saturated carbocycles. The first-order valence-electron chi connectivity index (χ1n) is 6.91. The molecule has 1 aromatic heterocycles. The number of carbonyl (C=O) groups excluding carboxylic acids is 1. The highest BCUT2D eigenvalue weighted by molar-refractivity contribution is 5.86. The Morgan fingerprint density at radius 3 is 2.75 bits per heavy atom. The lowest BCUT2D eigenvalue weighted by atomic mass is 10.1. The molecule has 1 saturated heterocycles. The first-order valence-corrected chi connectivity index (χ1v) is 6.91. The highest BCUT2D eigenvalue weighted by Crippen LogP contribution is 2.12. The number of carboxylic acid groups (broad SMARTS) is 1. The van der Waals surface area contributed by atoms with Crippen molar-refractivity contribution < 1.29 is 19.1 Å². The van der Waals surface area contributed by atoms with Crippen molar-refractivity contribution in [2.24, 2.45) is 0 Å². The standard InChI is InChI=1S/C14H20N2O4/c1-10(13(17)16-6-3-2-4-7-16)15-9-11-5-8-20-12(11)14(18)19/h5,8,10,15H,2-4,6-7,9H2,1H3,(H,18,19). The Bertz CT molecular complexity index is 477. The van der Waals surface area contributed by atoms with Gasteiger partial charge < -0.3 is 19.7 Å². The number of nitrogens with zero attached hydrogens (tertiary/aromatic N) is 1. The minimum absolute atomic E-state index is 0.0740. The van der Waals surface area contributed by atoms with Crippen LogP contribution in [0.1, 0.15) is 42.3 Å². The van der Waals surface area contributed by atoms with E-state index in [0.717, 1.165) is 25.9 Å². The first kappa shape index (κ1) is 14.6. The van der Waals surface area contributed by atoms with E-state index in [0.29, 0.717) is 12.1 Å². The number of carbonyl (C=O) groups is 2. The van der Waals surface area contributed by atoms with E-state index in [9.17, 15) is 9.59 Å². The molecule has 2 N–H and O–H groups in total. The molecule has 0 aromatic carbocycles. The molecule has 20 heavy (non-hydrogen) atoms. The molecule has 1 atom stereocenters. The average Bonchev–Trinajstić information content (AvgIpc) is 2.93. The number of carboxylic acids is 1. The second-order valence-electron chi connectivity index (χ2n) is 5.07. The van der Waals surface area contributed by atoms with E-state index in [1.54, 1.807) is 13.0 Å². The van der Waals surface area contributed by atoms with E-state index < -0.39 is 5.97 Å². The quantitative estimate of drug-likeness (QED) is 0.853. The number of likely N-dealkylation sites (tertiary alicyclic amines) is 1. The molecule has 1 aromatic rings. The molecule has 2 rings (SSSR count).